The van der Waals surface area contributed by atoms with E-state index in [-0.39, 0.29) is 5.56 Å². The normalized spacial score (nSPS) is 23.8. The number of aromatic nitrogens is 3. The summed E-state index contributed by atoms with van der Waals surface area (Å²) < 4.78 is 21.1. The van der Waals surface area contributed by atoms with Crippen LogP contribution in [-0.2, 0) is 0 Å². The zero-order chi connectivity index (χ0) is 17.2. The fraction of sp³-hybridized carbons (Fsp3) is 0.471. The van der Waals surface area contributed by atoms with Gasteiger partial charge in [-0.1, -0.05) is 0 Å². The second kappa shape index (κ2) is 6.59. The quantitative estimate of drug-likeness (QED) is 0.909. The first-order chi connectivity index (χ1) is 11.4. The first-order valence-electron chi connectivity index (χ1n) is 8.00. The number of alkyl halides is 1. The molecule has 0 radical (unpaired) electrons. The number of pyridine rings is 1. The van der Waals surface area contributed by atoms with Gasteiger partial charge in [0.2, 0.25) is 5.88 Å². The maximum Gasteiger partial charge on any atom is 0.335 e. The Bertz CT molecular complexity index is 719. The summed E-state index contributed by atoms with van der Waals surface area (Å²) in [5.41, 5.74) is -0.921. The van der Waals surface area contributed by atoms with Crippen molar-refractivity contribution in [3.8, 4) is 11.7 Å². The van der Waals surface area contributed by atoms with E-state index in [1.807, 2.05) is 0 Å². The number of rotatable bonds is 5. The number of ether oxygens (including phenoxy) is 1. The molecule has 0 unspecified atom stereocenters. The van der Waals surface area contributed by atoms with Gasteiger partial charge in [0.15, 0.2) is 5.82 Å². The molecule has 2 heterocycles. The van der Waals surface area contributed by atoms with Crippen molar-refractivity contribution in [3.05, 3.63) is 36.2 Å². The van der Waals surface area contributed by atoms with E-state index >= 15 is 0 Å². The molecule has 0 aromatic carbocycles. The summed E-state index contributed by atoms with van der Waals surface area (Å²) in [6, 6.07) is 4.57. The first-order valence-corrected chi connectivity index (χ1v) is 8.00. The Kier molecular flexibility index (Phi) is 4.51. The maximum atomic E-state index is 13.8. The van der Waals surface area contributed by atoms with Gasteiger partial charge in [0.1, 0.15) is 5.67 Å². The van der Waals surface area contributed by atoms with Gasteiger partial charge in [-0.15, -0.1) is 0 Å². The summed E-state index contributed by atoms with van der Waals surface area (Å²) in [5.74, 6) is 0.175. The molecule has 1 aliphatic carbocycles. The minimum Gasteiger partial charge on any atom is -0.478 e. The van der Waals surface area contributed by atoms with Gasteiger partial charge < -0.3 is 9.84 Å². The number of hydrogen-bond donors (Lipinski definition) is 1. The van der Waals surface area contributed by atoms with Crippen molar-refractivity contribution in [1.82, 2.24) is 14.8 Å². The second-order valence-corrected chi connectivity index (χ2v) is 6.46. The Labute approximate surface area is 139 Å². The predicted molar refractivity (Wildman–Crippen MR) is 85.3 cm³/mol. The van der Waals surface area contributed by atoms with E-state index in [1.54, 1.807) is 19.2 Å². The summed E-state index contributed by atoms with van der Waals surface area (Å²) in [4.78, 5) is 15.2. The SMILES string of the molecule is CC1(F)CCC(COc2ccnn2-c2cc(C(=O)O)ccn2)CC1. The number of carboxylic acid groups (broad SMARTS) is 1. The molecule has 0 spiro atoms. The van der Waals surface area contributed by atoms with Crippen LogP contribution in [0.4, 0.5) is 4.39 Å². The number of halogens is 1. The topological polar surface area (TPSA) is 77.2 Å². The van der Waals surface area contributed by atoms with Crippen LogP contribution in [0, 0.1) is 5.92 Å². The van der Waals surface area contributed by atoms with Crippen LogP contribution in [0.2, 0.25) is 0 Å². The number of carbonyl (C=O) groups is 1. The molecular weight excluding hydrogens is 313 g/mol. The lowest BCUT2D eigenvalue weighted by Gasteiger charge is -2.30. The third-order valence-electron chi connectivity index (χ3n) is 4.43. The number of aromatic carboxylic acids is 1. The molecule has 2 aromatic rings. The highest BCUT2D eigenvalue weighted by atomic mass is 19.1. The first kappa shape index (κ1) is 16.4. The van der Waals surface area contributed by atoms with Gasteiger partial charge in [-0.2, -0.15) is 9.78 Å². The summed E-state index contributed by atoms with van der Waals surface area (Å²) in [5, 5.41) is 13.2. The van der Waals surface area contributed by atoms with Gasteiger partial charge in [0, 0.05) is 12.3 Å². The molecule has 3 rings (SSSR count). The molecule has 0 atom stereocenters. The van der Waals surface area contributed by atoms with E-state index in [0.717, 1.165) is 12.8 Å². The van der Waals surface area contributed by atoms with Gasteiger partial charge in [0.25, 0.3) is 0 Å². The Morgan fingerprint density at radius 3 is 2.88 bits per heavy atom. The van der Waals surface area contributed by atoms with Gasteiger partial charge in [-0.3, -0.25) is 0 Å². The van der Waals surface area contributed by atoms with Crippen LogP contribution >= 0.6 is 0 Å². The molecule has 24 heavy (non-hydrogen) atoms. The van der Waals surface area contributed by atoms with E-state index in [1.165, 1.54) is 23.0 Å². The van der Waals surface area contributed by atoms with Crippen molar-refractivity contribution in [2.75, 3.05) is 6.61 Å². The van der Waals surface area contributed by atoms with Crippen LogP contribution in [-0.4, -0.2) is 38.1 Å². The van der Waals surface area contributed by atoms with Gasteiger partial charge in [-0.05, 0) is 50.7 Å². The summed E-state index contributed by atoms with van der Waals surface area (Å²) in [7, 11) is 0. The zero-order valence-corrected chi connectivity index (χ0v) is 13.5. The zero-order valence-electron chi connectivity index (χ0n) is 13.5. The van der Waals surface area contributed by atoms with Crippen molar-refractivity contribution in [2.24, 2.45) is 5.92 Å². The number of carboxylic acids is 1. The van der Waals surface area contributed by atoms with E-state index < -0.39 is 11.6 Å². The van der Waals surface area contributed by atoms with Crippen molar-refractivity contribution in [2.45, 2.75) is 38.3 Å². The molecule has 1 aliphatic rings. The van der Waals surface area contributed by atoms with Crippen LogP contribution in [0.1, 0.15) is 43.0 Å². The van der Waals surface area contributed by atoms with Crippen LogP contribution < -0.4 is 4.74 Å². The highest BCUT2D eigenvalue weighted by Gasteiger charge is 2.31. The Morgan fingerprint density at radius 2 is 2.17 bits per heavy atom. The Balaban J connectivity index is 1.68. The lowest BCUT2D eigenvalue weighted by molar-refractivity contribution is 0.0696. The molecule has 1 N–H and O–H groups in total. The molecule has 128 valence electrons. The van der Waals surface area contributed by atoms with Crippen LogP contribution in [0.5, 0.6) is 5.88 Å². The van der Waals surface area contributed by atoms with Crippen LogP contribution in [0.15, 0.2) is 30.6 Å². The Hall–Kier alpha value is -2.44. The molecule has 6 nitrogen and oxygen atoms in total. The summed E-state index contributed by atoms with van der Waals surface area (Å²) in [6.07, 6.45) is 5.71. The fourth-order valence-electron chi connectivity index (χ4n) is 2.89. The van der Waals surface area contributed by atoms with Crippen LogP contribution in [0.25, 0.3) is 5.82 Å². The monoisotopic (exact) mass is 333 g/mol. The third-order valence-corrected chi connectivity index (χ3v) is 4.43. The fourth-order valence-corrected chi connectivity index (χ4v) is 2.89. The van der Waals surface area contributed by atoms with Gasteiger partial charge >= 0.3 is 5.97 Å². The largest absolute Gasteiger partial charge is 0.478 e. The molecular formula is C17H20FN3O3. The summed E-state index contributed by atoms with van der Waals surface area (Å²) >= 11 is 0. The average Bonchev–Trinajstić information content (AvgIpc) is 3.02. The molecule has 0 aliphatic heterocycles. The second-order valence-electron chi connectivity index (χ2n) is 6.46. The number of hydrogen-bond acceptors (Lipinski definition) is 4. The van der Waals surface area contributed by atoms with Crippen LogP contribution in [0.3, 0.4) is 0 Å². The molecule has 1 fully saturated rings. The minimum atomic E-state index is -1.06. The van der Waals surface area contributed by atoms with Crippen molar-refractivity contribution in [3.63, 3.8) is 0 Å². The number of nitrogens with zero attached hydrogens (tertiary/aromatic N) is 3. The summed E-state index contributed by atoms with van der Waals surface area (Å²) in [6.45, 7) is 2.14. The van der Waals surface area contributed by atoms with Crippen molar-refractivity contribution >= 4 is 5.97 Å². The lowest BCUT2D eigenvalue weighted by atomic mass is 9.81. The van der Waals surface area contributed by atoms with E-state index in [0.29, 0.717) is 37.1 Å². The standard InChI is InChI=1S/C17H20FN3O3/c1-17(18)6-2-12(3-7-17)11-24-15-5-9-20-21(15)14-10-13(16(22)23)4-8-19-14/h4-5,8-10,12H,2-3,6-7,11H2,1H3,(H,22,23). The molecule has 0 amide bonds. The average molecular weight is 333 g/mol. The molecule has 1 saturated carbocycles. The highest BCUT2D eigenvalue weighted by molar-refractivity contribution is 5.87. The highest BCUT2D eigenvalue weighted by Crippen LogP contribution is 2.34. The third kappa shape index (κ3) is 3.72. The molecule has 0 saturated heterocycles. The minimum absolute atomic E-state index is 0.135. The van der Waals surface area contributed by atoms with E-state index in [9.17, 15) is 9.18 Å². The molecule has 7 heteroatoms. The van der Waals surface area contributed by atoms with E-state index in [2.05, 4.69) is 10.1 Å². The predicted octanol–water partition coefficient (Wildman–Crippen LogP) is 3.26. The van der Waals surface area contributed by atoms with Crippen molar-refractivity contribution < 1.29 is 19.0 Å². The van der Waals surface area contributed by atoms with Gasteiger partial charge in [-0.25, -0.2) is 14.2 Å². The maximum absolute atomic E-state index is 13.8. The Morgan fingerprint density at radius 1 is 1.42 bits per heavy atom. The smallest absolute Gasteiger partial charge is 0.335 e. The molecule has 2 aromatic heterocycles. The van der Waals surface area contributed by atoms with Gasteiger partial charge in [0.05, 0.1) is 18.4 Å². The van der Waals surface area contributed by atoms with Crippen molar-refractivity contribution in [1.29, 1.82) is 0 Å². The van der Waals surface area contributed by atoms with E-state index in [4.69, 9.17) is 9.84 Å². The lowest BCUT2D eigenvalue weighted by Crippen LogP contribution is -2.28. The molecule has 0 bridgehead atoms.